The van der Waals surface area contributed by atoms with E-state index >= 15 is 0 Å². The molecule has 2 aliphatic rings. The lowest BCUT2D eigenvalue weighted by molar-refractivity contribution is 0.271. The summed E-state index contributed by atoms with van der Waals surface area (Å²) in [4.78, 5) is 9.53. The fourth-order valence-corrected chi connectivity index (χ4v) is 4.45. The van der Waals surface area contributed by atoms with Gasteiger partial charge >= 0.3 is 0 Å². The quantitative estimate of drug-likeness (QED) is 0.633. The number of anilines is 1. The fourth-order valence-electron chi connectivity index (χ4n) is 4.45. The predicted molar refractivity (Wildman–Crippen MR) is 129 cm³/mol. The summed E-state index contributed by atoms with van der Waals surface area (Å²) in [5.74, 6) is 1.67. The third-order valence-electron chi connectivity index (χ3n) is 6.31. The molecule has 0 aliphatic carbocycles. The largest absolute Gasteiger partial charge is 0.497 e. The summed E-state index contributed by atoms with van der Waals surface area (Å²) in [5, 5.41) is 0. The van der Waals surface area contributed by atoms with Gasteiger partial charge in [-0.05, 0) is 54.8 Å². The van der Waals surface area contributed by atoms with Crippen molar-refractivity contribution in [3.05, 3.63) is 54.1 Å². The van der Waals surface area contributed by atoms with Crippen LogP contribution >= 0.6 is 0 Å². The highest BCUT2D eigenvalue weighted by atomic mass is 16.5. The van der Waals surface area contributed by atoms with Crippen molar-refractivity contribution in [3.63, 3.8) is 0 Å². The number of aryl methyl sites for hydroxylation is 1. The fraction of sp³-hybridized carbons (Fsp3) is 0.423. The van der Waals surface area contributed by atoms with Gasteiger partial charge in [-0.2, -0.15) is 0 Å². The molecule has 0 saturated carbocycles. The highest BCUT2D eigenvalue weighted by molar-refractivity contribution is 5.96. The maximum atomic E-state index is 5.79. The van der Waals surface area contributed by atoms with E-state index in [1.54, 1.807) is 14.2 Å². The molecule has 4 rings (SSSR count). The Morgan fingerprint density at radius 1 is 0.935 bits per heavy atom. The first-order chi connectivity index (χ1) is 15.2. The van der Waals surface area contributed by atoms with Crippen LogP contribution in [0.3, 0.4) is 0 Å². The van der Waals surface area contributed by atoms with E-state index in [9.17, 15) is 0 Å². The number of ether oxygens (including phenoxy) is 2. The zero-order valence-corrected chi connectivity index (χ0v) is 18.9. The molecule has 0 unspecified atom stereocenters. The van der Waals surface area contributed by atoms with E-state index in [4.69, 9.17) is 9.47 Å². The Labute approximate surface area is 186 Å². The molecule has 1 fully saturated rings. The van der Waals surface area contributed by atoms with Crippen molar-refractivity contribution in [3.8, 4) is 22.6 Å². The van der Waals surface area contributed by atoms with Crippen LogP contribution in [0.25, 0.3) is 11.1 Å². The molecule has 2 aromatic rings. The Hall–Kier alpha value is -2.79. The molecule has 0 aromatic heterocycles. The second kappa shape index (κ2) is 10.0. The molecule has 2 aromatic carbocycles. The Kier molecular flexibility index (Phi) is 6.92. The van der Waals surface area contributed by atoms with Crippen LogP contribution in [-0.4, -0.2) is 64.1 Å². The summed E-state index contributed by atoms with van der Waals surface area (Å²) in [6, 6.07) is 13.0. The zero-order valence-electron chi connectivity index (χ0n) is 18.9. The summed E-state index contributed by atoms with van der Waals surface area (Å²) >= 11 is 0. The minimum absolute atomic E-state index is 0.803. The van der Waals surface area contributed by atoms with E-state index in [0.29, 0.717) is 0 Å². The number of benzene rings is 2. The molecule has 31 heavy (non-hydrogen) atoms. The van der Waals surface area contributed by atoms with Crippen LogP contribution in [0.1, 0.15) is 18.9 Å². The average molecular weight is 420 g/mol. The Morgan fingerprint density at radius 2 is 1.71 bits per heavy atom. The van der Waals surface area contributed by atoms with E-state index in [0.717, 1.165) is 74.9 Å². The van der Waals surface area contributed by atoms with Crippen molar-refractivity contribution < 1.29 is 9.47 Å². The van der Waals surface area contributed by atoms with Crippen LogP contribution < -0.4 is 14.4 Å². The number of allylic oxidation sites excluding steroid dienone is 1. The number of aliphatic imine (C=N–C) groups is 1. The SMILES string of the molecule is CCN1CCN(c2ccc(-c3c(CCC4=NCC=C4)cc(OC)cc3OC)cc2)CC1. The second-order valence-electron chi connectivity index (χ2n) is 8.07. The smallest absolute Gasteiger partial charge is 0.130 e. The maximum Gasteiger partial charge on any atom is 0.130 e. The van der Waals surface area contributed by atoms with Crippen LogP contribution in [0.2, 0.25) is 0 Å². The Morgan fingerprint density at radius 3 is 2.32 bits per heavy atom. The average Bonchev–Trinajstić information content (AvgIpc) is 3.36. The van der Waals surface area contributed by atoms with Gasteiger partial charge in [0.05, 0.1) is 20.8 Å². The summed E-state index contributed by atoms with van der Waals surface area (Å²) in [6.07, 6.45) is 6.05. The minimum atomic E-state index is 0.803. The molecule has 2 aliphatic heterocycles. The first-order valence-corrected chi connectivity index (χ1v) is 11.2. The first-order valence-electron chi connectivity index (χ1n) is 11.2. The van der Waals surface area contributed by atoms with Gasteiger partial charge in [-0.3, -0.25) is 4.99 Å². The monoisotopic (exact) mass is 419 g/mol. The van der Waals surface area contributed by atoms with Gasteiger partial charge in [0.25, 0.3) is 0 Å². The molecule has 0 N–H and O–H groups in total. The Balaban J connectivity index is 1.60. The van der Waals surface area contributed by atoms with E-state index in [2.05, 4.69) is 64.2 Å². The number of methoxy groups -OCH3 is 2. The van der Waals surface area contributed by atoms with Crippen LogP contribution in [-0.2, 0) is 6.42 Å². The summed E-state index contributed by atoms with van der Waals surface area (Å²) in [6.45, 7) is 8.60. The molecule has 1 saturated heterocycles. The molecular formula is C26H33N3O2. The van der Waals surface area contributed by atoms with Gasteiger partial charge in [0.1, 0.15) is 11.5 Å². The molecule has 0 amide bonds. The predicted octanol–water partition coefficient (Wildman–Crippen LogP) is 4.46. The van der Waals surface area contributed by atoms with E-state index in [1.807, 2.05) is 6.07 Å². The number of hydrogen-bond acceptors (Lipinski definition) is 5. The number of nitrogens with zero attached hydrogens (tertiary/aromatic N) is 3. The third-order valence-corrected chi connectivity index (χ3v) is 6.31. The normalized spacial score (nSPS) is 16.5. The molecule has 5 heteroatoms. The topological polar surface area (TPSA) is 37.3 Å². The number of likely N-dealkylation sites (N-methyl/N-ethyl adjacent to an activating group) is 1. The first kappa shape index (κ1) is 21.4. The lowest BCUT2D eigenvalue weighted by Gasteiger charge is -2.35. The third kappa shape index (κ3) is 4.93. The van der Waals surface area contributed by atoms with Crippen LogP contribution in [0, 0.1) is 0 Å². The number of rotatable bonds is 8. The van der Waals surface area contributed by atoms with Crippen LogP contribution in [0.4, 0.5) is 5.69 Å². The minimum Gasteiger partial charge on any atom is -0.497 e. The standard InChI is InChI=1S/C26H33N3O2/c1-4-28-14-16-29(17-15-28)23-11-8-20(9-12-23)26-21(7-10-22-6-5-13-27-22)18-24(30-2)19-25(26)31-3/h5-6,8-9,11-12,18-19H,4,7,10,13-17H2,1-3H3. The molecular weight excluding hydrogens is 386 g/mol. The van der Waals surface area contributed by atoms with E-state index in [-0.39, 0.29) is 0 Å². The molecule has 0 bridgehead atoms. The van der Waals surface area contributed by atoms with Gasteiger partial charge in [-0.15, -0.1) is 0 Å². The maximum absolute atomic E-state index is 5.79. The van der Waals surface area contributed by atoms with Gasteiger partial charge in [-0.25, -0.2) is 0 Å². The molecule has 2 heterocycles. The van der Waals surface area contributed by atoms with Gasteiger partial charge < -0.3 is 19.3 Å². The highest BCUT2D eigenvalue weighted by Crippen LogP contribution is 2.38. The Bertz CT molecular complexity index is 942. The lowest BCUT2D eigenvalue weighted by atomic mass is 9.94. The van der Waals surface area contributed by atoms with Gasteiger partial charge in [0, 0.05) is 49.2 Å². The summed E-state index contributed by atoms with van der Waals surface area (Å²) in [7, 11) is 3.43. The summed E-state index contributed by atoms with van der Waals surface area (Å²) < 4.78 is 11.3. The number of piperazine rings is 1. The van der Waals surface area contributed by atoms with E-state index in [1.165, 1.54) is 16.8 Å². The van der Waals surface area contributed by atoms with Crippen molar-refractivity contribution in [2.45, 2.75) is 19.8 Å². The lowest BCUT2D eigenvalue weighted by Crippen LogP contribution is -2.46. The zero-order chi connectivity index (χ0) is 21.6. The second-order valence-corrected chi connectivity index (χ2v) is 8.07. The highest BCUT2D eigenvalue weighted by Gasteiger charge is 2.18. The molecule has 164 valence electrons. The van der Waals surface area contributed by atoms with Crippen LogP contribution in [0.15, 0.2) is 53.5 Å². The number of hydrogen-bond donors (Lipinski definition) is 0. The molecule has 0 radical (unpaired) electrons. The van der Waals surface area contributed by atoms with Crippen molar-refractivity contribution in [1.29, 1.82) is 0 Å². The van der Waals surface area contributed by atoms with Gasteiger partial charge in [-0.1, -0.05) is 25.1 Å². The van der Waals surface area contributed by atoms with Crippen molar-refractivity contribution in [2.24, 2.45) is 4.99 Å². The van der Waals surface area contributed by atoms with E-state index < -0.39 is 0 Å². The van der Waals surface area contributed by atoms with Gasteiger partial charge in [0.2, 0.25) is 0 Å². The molecule has 0 spiro atoms. The van der Waals surface area contributed by atoms with Gasteiger partial charge in [0.15, 0.2) is 0 Å². The molecule has 5 nitrogen and oxygen atoms in total. The molecule has 0 atom stereocenters. The van der Waals surface area contributed by atoms with Crippen LogP contribution in [0.5, 0.6) is 11.5 Å². The van der Waals surface area contributed by atoms with Crippen molar-refractivity contribution in [1.82, 2.24) is 4.90 Å². The summed E-state index contributed by atoms with van der Waals surface area (Å²) in [5.41, 5.74) is 6.00. The van der Waals surface area contributed by atoms with Crippen molar-refractivity contribution >= 4 is 11.4 Å². The van der Waals surface area contributed by atoms with Crippen molar-refractivity contribution in [2.75, 3.05) is 58.4 Å².